The SMILES string of the molecule is CC(Cl)C(=O)NC(=O)NCC1Cc2ccccc21. The van der Waals surface area contributed by atoms with Crippen LogP contribution in [0, 0.1) is 0 Å². The Hall–Kier alpha value is -1.55. The molecule has 2 rings (SSSR count). The lowest BCUT2D eigenvalue weighted by Crippen LogP contribution is -2.44. The summed E-state index contributed by atoms with van der Waals surface area (Å²) < 4.78 is 0. The van der Waals surface area contributed by atoms with Crippen molar-refractivity contribution in [2.24, 2.45) is 0 Å². The molecular weight excluding hydrogens is 252 g/mol. The summed E-state index contributed by atoms with van der Waals surface area (Å²) in [6.45, 7) is 2.05. The Bertz CT molecular complexity index is 474. The maximum Gasteiger partial charge on any atom is 0.321 e. The summed E-state index contributed by atoms with van der Waals surface area (Å²) in [4.78, 5) is 22.6. The van der Waals surface area contributed by atoms with Gasteiger partial charge in [-0.3, -0.25) is 10.1 Å². The topological polar surface area (TPSA) is 58.2 Å². The fourth-order valence-electron chi connectivity index (χ4n) is 2.02. The number of fused-ring (bicyclic) bond motifs is 1. The molecular formula is C13H15ClN2O2. The molecule has 1 aliphatic rings. The third-order valence-electron chi connectivity index (χ3n) is 3.07. The van der Waals surface area contributed by atoms with Gasteiger partial charge >= 0.3 is 6.03 Å². The number of carbonyl (C=O) groups is 2. The van der Waals surface area contributed by atoms with E-state index in [0.29, 0.717) is 12.5 Å². The number of imide groups is 1. The zero-order valence-electron chi connectivity index (χ0n) is 10.1. The highest BCUT2D eigenvalue weighted by Gasteiger charge is 2.25. The van der Waals surface area contributed by atoms with Gasteiger partial charge in [-0.1, -0.05) is 24.3 Å². The van der Waals surface area contributed by atoms with E-state index in [2.05, 4.69) is 22.8 Å². The average molecular weight is 267 g/mol. The molecule has 4 nitrogen and oxygen atoms in total. The van der Waals surface area contributed by atoms with E-state index in [9.17, 15) is 9.59 Å². The van der Waals surface area contributed by atoms with Gasteiger partial charge in [0.1, 0.15) is 5.38 Å². The number of alkyl halides is 1. The number of halogens is 1. The van der Waals surface area contributed by atoms with Crippen molar-refractivity contribution >= 4 is 23.5 Å². The summed E-state index contributed by atoms with van der Waals surface area (Å²) in [5.41, 5.74) is 2.60. The molecule has 0 radical (unpaired) electrons. The fraction of sp³-hybridized carbons (Fsp3) is 0.385. The van der Waals surface area contributed by atoms with Crippen molar-refractivity contribution in [2.45, 2.75) is 24.6 Å². The van der Waals surface area contributed by atoms with Crippen LogP contribution in [0.1, 0.15) is 24.0 Å². The summed E-state index contributed by atoms with van der Waals surface area (Å²) in [6, 6.07) is 7.66. The van der Waals surface area contributed by atoms with Crippen LogP contribution in [-0.4, -0.2) is 23.9 Å². The van der Waals surface area contributed by atoms with Crippen LogP contribution in [0.3, 0.4) is 0 Å². The quantitative estimate of drug-likeness (QED) is 0.820. The predicted molar refractivity (Wildman–Crippen MR) is 69.7 cm³/mol. The van der Waals surface area contributed by atoms with E-state index in [4.69, 9.17) is 11.6 Å². The molecule has 1 aromatic carbocycles. The smallest absolute Gasteiger partial charge is 0.321 e. The van der Waals surface area contributed by atoms with E-state index >= 15 is 0 Å². The van der Waals surface area contributed by atoms with Crippen molar-refractivity contribution in [1.82, 2.24) is 10.6 Å². The molecule has 2 unspecified atom stereocenters. The highest BCUT2D eigenvalue weighted by molar-refractivity contribution is 6.31. The maximum atomic E-state index is 11.4. The Kier molecular flexibility index (Phi) is 3.87. The normalized spacial score (nSPS) is 18.2. The van der Waals surface area contributed by atoms with E-state index in [-0.39, 0.29) is 0 Å². The molecule has 2 N–H and O–H groups in total. The predicted octanol–water partition coefficient (Wildman–Crippen LogP) is 1.78. The molecule has 1 aromatic rings. The van der Waals surface area contributed by atoms with Crippen LogP contribution >= 0.6 is 11.6 Å². The molecule has 0 aromatic heterocycles. The van der Waals surface area contributed by atoms with Crippen molar-refractivity contribution in [3.05, 3.63) is 35.4 Å². The van der Waals surface area contributed by atoms with Gasteiger partial charge in [-0.25, -0.2) is 4.79 Å². The molecule has 0 saturated heterocycles. The van der Waals surface area contributed by atoms with Gasteiger partial charge in [0.2, 0.25) is 5.91 Å². The molecule has 1 aliphatic carbocycles. The first-order valence-electron chi connectivity index (χ1n) is 5.88. The summed E-state index contributed by atoms with van der Waals surface area (Å²) in [5.74, 6) is -0.140. The third-order valence-corrected chi connectivity index (χ3v) is 3.27. The molecule has 0 saturated carbocycles. The Morgan fingerprint density at radius 2 is 2.17 bits per heavy atom. The van der Waals surface area contributed by atoms with Gasteiger partial charge in [0.15, 0.2) is 0 Å². The first kappa shape index (κ1) is 12.9. The van der Waals surface area contributed by atoms with Crippen LogP contribution in [0.4, 0.5) is 4.79 Å². The Morgan fingerprint density at radius 1 is 1.44 bits per heavy atom. The van der Waals surface area contributed by atoms with Gasteiger partial charge in [0.05, 0.1) is 0 Å². The number of hydrogen-bond acceptors (Lipinski definition) is 2. The molecule has 0 bridgehead atoms. The second-order valence-electron chi connectivity index (χ2n) is 4.42. The molecule has 3 amide bonds. The Balaban J connectivity index is 1.77. The van der Waals surface area contributed by atoms with Gasteiger partial charge in [-0.15, -0.1) is 11.6 Å². The van der Waals surface area contributed by atoms with Crippen LogP contribution in [0.2, 0.25) is 0 Å². The number of amides is 3. The average Bonchev–Trinajstić information content (AvgIpc) is 2.30. The van der Waals surface area contributed by atoms with Crippen LogP contribution < -0.4 is 10.6 Å². The zero-order chi connectivity index (χ0) is 13.1. The van der Waals surface area contributed by atoms with Gasteiger partial charge in [-0.05, 0) is 24.5 Å². The lowest BCUT2D eigenvalue weighted by atomic mass is 9.78. The van der Waals surface area contributed by atoms with Crippen molar-refractivity contribution in [2.75, 3.05) is 6.54 Å². The van der Waals surface area contributed by atoms with E-state index in [1.54, 1.807) is 0 Å². The standard InChI is InChI=1S/C13H15ClN2O2/c1-8(14)12(17)16-13(18)15-7-10-6-9-4-2-3-5-11(9)10/h2-5,8,10H,6-7H2,1H3,(H2,15,16,17,18). The summed E-state index contributed by atoms with van der Waals surface area (Å²) in [7, 11) is 0. The first-order valence-corrected chi connectivity index (χ1v) is 6.32. The van der Waals surface area contributed by atoms with Crippen LogP contribution in [0.25, 0.3) is 0 Å². The van der Waals surface area contributed by atoms with Crippen molar-refractivity contribution in [1.29, 1.82) is 0 Å². The zero-order valence-corrected chi connectivity index (χ0v) is 10.8. The van der Waals surface area contributed by atoms with Crippen molar-refractivity contribution < 1.29 is 9.59 Å². The van der Waals surface area contributed by atoms with Gasteiger partial charge in [0.25, 0.3) is 0 Å². The summed E-state index contributed by atoms with van der Waals surface area (Å²) >= 11 is 5.55. The highest BCUT2D eigenvalue weighted by atomic mass is 35.5. The number of carbonyl (C=O) groups excluding carboxylic acids is 2. The monoisotopic (exact) mass is 266 g/mol. The second-order valence-corrected chi connectivity index (χ2v) is 5.07. The van der Waals surface area contributed by atoms with Crippen LogP contribution in [0.15, 0.2) is 24.3 Å². The minimum atomic E-state index is -0.708. The number of rotatable bonds is 3. The molecule has 0 aliphatic heterocycles. The van der Waals surface area contributed by atoms with E-state index in [1.807, 2.05) is 12.1 Å². The molecule has 96 valence electrons. The summed E-state index contributed by atoms with van der Waals surface area (Å²) in [5, 5.41) is 4.16. The van der Waals surface area contributed by atoms with Crippen LogP contribution in [-0.2, 0) is 11.2 Å². The van der Waals surface area contributed by atoms with E-state index in [1.165, 1.54) is 18.1 Å². The lowest BCUT2D eigenvalue weighted by molar-refractivity contribution is -0.119. The molecule has 0 fully saturated rings. The maximum absolute atomic E-state index is 11.4. The number of hydrogen-bond donors (Lipinski definition) is 2. The first-order chi connectivity index (χ1) is 8.58. The van der Waals surface area contributed by atoms with Gasteiger partial charge < -0.3 is 5.32 Å². The second kappa shape index (κ2) is 5.40. The number of benzene rings is 1. The van der Waals surface area contributed by atoms with E-state index in [0.717, 1.165) is 6.42 Å². The minimum absolute atomic E-state index is 0.343. The number of urea groups is 1. The summed E-state index contributed by atoms with van der Waals surface area (Å²) in [6.07, 6.45) is 0.969. The fourth-order valence-corrected chi connectivity index (χ4v) is 2.07. The number of nitrogens with one attached hydrogen (secondary N) is 2. The van der Waals surface area contributed by atoms with Crippen molar-refractivity contribution in [3.63, 3.8) is 0 Å². The van der Waals surface area contributed by atoms with Crippen LogP contribution in [0.5, 0.6) is 0 Å². The van der Waals surface area contributed by atoms with E-state index < -0.39 is 17.3 Å². The van der Waals surface area contributed by atoms with Crippen molar-refractivity contribution in [3.8, 4) is 0 Å². The molecule has 5 heteroatoms. The Morgan fingerprint density at radius 3 is 2.83 bits per heavy atom. The Labute approximate surface area is 111 Å². The minimum Gasteiger partial charge on any atom is -0.337 e. The lowest BCUT2D eigenvalue weighted by Gasteiger charge is -2.30. The molecule has 18 heavy (non-hydrogen) atoms. The van der Waals surface area contributed by atoms with Gasteiger partial charge in [-0.2, -0.15) is 0 Å². The highest BCUT2D eigenvalue weighted by Crippen LogP contribution is 2.33. The van der Waals surface area contributed by atoms with Gasteiger partial charge in [0, 0.05) is 12.5 Å². The third kappa shape index (κ3) is 2.82. The molecule has 0 heterocycles. The largest absolute Gasteiger partial charge is 0.337 e. The molecule has 2 atom stereocenters. The molecule has 0 spiro atoms.